The van der Waals surface area contributed by atoms with Gasteiger partial charge in [0.25, 0.3) is 0 Å². The first kappa shape index (κ1) is 28.7. The predicted octanol–water partition coefficient (Wildman–Crippen LogP) is 3.98. The molecule has 0 heterocycles. The molecule has 3 amide bonds. The van der Waals surface area contributed by atoms with Crippen molar-refractivity contribution >= 4 is 17.9 Å². The molecular formula is C28H39N3O5. The maximum atomic E-state index is 13.2. The number of nitrogens with one attached hydrogen (secondary N) is 3. The van der Waals surface area contributed by atoms with Crippen LogP contribution in [0.25, 0.3) is 0 Å². The van der Waals surface area contributed by atoms with Gasteiger partial charge in [0.2, 0.25) is 11.8 Å². The second kappa shape index (κ2) is 13.5. The second-order valence-corrected chi connectivity index (χ2v) is 10.1. The van der Waals surface area contributed by atoms with Gasteiger partial charge in [0.1, 0.15) is 30.0 Å². The SMILES string of the molecule is CNC(=O)[C@H](CC(C)C)NC(=O)[C@H](Cc1ccc(OC(C)(C)C)cc1)NC(=O)OCc1ccccc1. The summed E-state index contributed by atoms with van der Waals surface area (Å²) in [5.74, 6) is 0.145. The summed E-state index contributed by atoms with van der Waals surface area (Å²) >= 11 is 0. The number of hydrogen-bond acceptors (Lipinski definition) is 5. The van der Waals surface area contributed by atoms with Crippen molar-refractivity contribution in [2.24, 2.45) is 5.92 Å². The highest BCUT2D eigenvalue weighted by molar-refractivity contribution is 5.91. The number of amides is 3. The Balaban J connectivity index is 2.15. The van der Waals surface area contributed by atoms with Crippen LogP contribution in [0.4, 0.5) is 4.79 Å². The molecule has 0 saturated carbocycles. The third-order valence-corrected chi connectivity index (χ3v) is 5.20. The van der Waals surface area contributed by atoms with Gasteiger partial charge in [0.05, 0.1) is 0 Å². The van der Waals surface area contributed by atoms with Crippen LogP contribution in [-0.4, -0.2) is 42.6 Å². The number of alkyl carbamates (subject to hydrolysis) is 1. The van der Waals surface area contributed by atoms with E-state index in [1.807, 2.05) is 89.2 Å². The molecule has 2 atom stereocenters. The molecule has 0 saturated heterocycles. The van der Waals surface area contributed by atoms with Gasteiger partial charge in [0.15, 0.2) is 0 Å². The summed E-state index contributed by atoms with van der Waals surface area (Å²) in [4.78, 5) is 38.2. The lowest BCUT2D eigenvalue weighted by Crippen LogP contribution is -2.54. The lowest BCUT2D eigenvalue weighted by Gasteiger charge is -2.24. The molecule has 2 rings (SSSR count). The zero-order chi connectivity index (χ0) is 26.7. The van der Waals surface area contributed by atoms with Gasteiger partial charge in [-0.3, -0.25) is 9.59 Å². The van der Waals surface area contributed by atoms with Crippen molar-refractivity contribution in [2.75, 3.05) is 7.05 Å². The molecule has 0 spiro atoms. The zero-order valence-electron chi connectivity index (χ0n) is 22.1. The Hall–Kier alpha value is -3.55. The maximum Gasteiger partial charge on any atom is 0.408 e. The highest BCUT2D eigenvalue weighted by Gasteiger charge is 2.27. The number of ether oxygens (including phenoxy) is 2. The van der Waals surface area contributed by atoms with Crippen molar-refractivity contribution in [1.82, 2.24) is 16.0 Å². The van der Waals surface area contributed by atoms with E-state index in [9.17, 15) is 14.4 Å². The third kappa shape index (κ3) is 10.4. The minimum Gasteiger partial charge on any atom is -0.488 e. The van der Waals surface area contributed by atoms with E-state index in [-0.39, 0.29) is 30.5 Å². The molecule has 0 radical (unpaired) electrons. The Bertz CT molecular complexity index is 984. The smallest absolute Gasteiger partial charge is 0.408 e. The van der Waals surface area contributed by atoms with Crippen LogP contribution in [0.5, 0.6) is 5.75 Å². The predicted molar refractivity (Wildman–Crippen MR) is 140 cm³/mol. The average Bonchev–Trinajstić information content (AvgIpc) is 2.82. The molecule has 0 bridgehead atoms. The highest BCUT2D eigenvalue weighted by Crippen LogP contribution is 2.19. The molecule has 196 valence electrons. The van der Waals surface area contributed by atoms with E-state index < -0.39 is 24.1 Å². The third-order valence-electron chi connectivity index (χ3n) is 5.20. The van der Waals surface area contributed by atoms with Crippen LogP contribution < -0.4 is 20.7 Å². The molecule has 8 heteroatoms. The van der Waals surface area contributed by atoms with E-state index in [4.69, 9.17) is 9.47 Å². The van der Waals surface area contributed by atoms with Gasteiger partial charge in [0, 0.05) is 13.5 Å². The fourth-order valence-corrected chi connectivity index (χ4v) is 3.55. The average molecular weight is 498 g/mol. The number of rotatable bonds is 11. The van der Waals surface area contributed by atoms with Crippen LogP contribution in [0.3, 0.4) is 0 Å². The summed E-state index contributed by atoms with van der Waals surface area (Å²) in [6.45, 7) is 9.92. The molecule has 36 heavy (non-hydrogen) atoms. The number of benzene rings is 2. The summed E-state index contributed by atoms with van der Waals surface area (Å²) in [5, 5.41) is 8.05. The quantitative estimate of drug-likeness (QED) is 0.436. The normalized spacial score (nSPS) is 12.9. The van der Waals surface area contributed by atoms with E-state index in [1.165, 1.54) is 7.05 Å². The second-order valence-electron chi connectivity index (χ2n) is 10.1. The zero-order valence-corrected chi connectivity index (χ0v) is 22.1. The Labute approximate surface area is 214 Å². The van der Waals surface area contributed by atoms with Gasteiger partial charge in [-0.25, -0.2) is 4.79 Å². The van der Waals surface area contributed by atoms with Crippen molar-refractivity contribution < 1.29 is 23.9 Å². The van der Waals surface area contributed by atoms with Gasteiger partial charge in [-0.15, -0.1) is 0 Å². The Kier molecular flexibility index (Phi) is 10.8. The van der Waals surface area contributed by atoms with E-state index >= 15 is 0 Å². The molecule has 0 unspecified atom stereocenters. The first-order chi connectivity index (χ1) is 17.0. The maximum absolute atomic E-state index is 13.2. The molecule has 2 aromatic rings. The minimum atomic E-state index is -0.943. The van der Waals surface area contributed by atoms with E-state index in [1.54, 1.807) is 0 Å². The van der Waals surface area contributed by atoms with Crippen LogP contribution >= 0.6 is 0 Å². The lowest BCUT2D eigenvalue weighted by molar-refractivity contribution is -0.130. The molecule has 3 N–H and O–H groups in total. The van der Waals surface area contributed by atoms with Crippen LogP contribution in [0, 0.1) is 5.92 Å². The van der Waals surface area contributed by atoms with E-state index in [0.717, 1.165) is 11.1 Å². The Morgan fingerprint density at radius 2 is 1.47 bits per heavy atom. The first-order valence-electron chi connectivity index (χ1n) is 12.2. The van der Waals surface area contributed by atoms with Crippen LogP contribution in [-0.2, 0) is 27.4 Å². The van der Waals surface area contributed by atoms with Crippen molar-refractivity contribution in [3.8, 4) is 5.75 Å². The van der Waals surface area contributed by atoms with Gasteiger partial charge in [-0.1, -0.05) is 56.3 Å². The molecule has 0 aromatic heterocycles. The number of likely N-dealkylation sites (N-methyl/N-ethyl adjacent to an activating group) is 1. The van der Waals surface area contributed by atoms with Crippen LogP contribution in [0.15, 0.2) is 54.6 Å². The fourth-order valence-electron chi connectivity index (χ4n) is 3.55. The molecule has 0 aliphatic heterocycles. The van der Waals surface area contributed by atoms with Crippen LogP contribution in [0.1, 0.15) is 52.2 Å². The van der Waals surface area contributed by atoms with Crippen molar-refractivity contribution in [3.05, 3.63) is 65.7 Å². The van der Waals surface area contributed by atoms with Crippen molar-refractivity contribution in [2.45, 2.75) is 71.8 Å². The Morgan fingerprint density at radius 1 is 0.833 bits per heavy atom. The number of hydrogen-bond donors (Lipinski definition) is 3. The largest absolute Gasteiger partial charge is 0.488 e. The molecule has 8 nitrogen and oxygen atoms in total. The van der Waals surface area contributed by atoms with Gasteiger partial charge < -0.3 is 25.4 Å². The fraction of sp³-hybridized carbons (Fsp3) is 0.464. The van der Waals surface area contributed by atoms with Crippen molar-refractivity contribution in [3.63, 3.8) is 0 Å². The van der Waals surface area contributed by atoms with E-state index in [2.05, 4.69) is 16.0 Å². The standard InChI is InChI=1S/C28H39N3O5/c1-19(2)16-23(25(32)29-6)30-26(33)24(31-27(34)35-18-21-10-8-7-9-11-21)17-20-12-14-22(15-13-20)36-28(3,4)5/h7-15,19,23-24H,16-18H2,1-6H3,(H,29,32)(H,30,33)(H,31,34)/t23-,24-/m0/s1. The van der Waals surface area contributed by atoms with Gasteiger partial charge >= 0.3 is 6.09 Å². The number of carbonyl (C=O) groups excluding carboxylic acids is 3. The highest BCUT2D eigenvalue weighted by atomic mass is 16.5. The molecular weight excluding hydrogens is 458 g/mol. The van der Waals surface area contributed by atoms with E-state index in [0.29, 0.717) is 12.2 Å². The molecule has 2 aromatic carbocycles. The summed E-state index contributed by atoms with van der Waals surface area (Å²) in [7, 11) is 1.53. The first-order valence-corrected chi connectivity index (χ1v) is 12.2. The number of carbonyl (C=O) groups is 3. The summed E-state index contributed by atoms with van der Waals surface area (Å²) in [6.07, 6.45) is -0.0355. The Morgan fingerprint density at radius 3 is 2.03 bits per heavy atom. The minimum absolute atomic E-state index is 0.0774. The molecule has 0 aliphatic carbocycles. The van der Waals surface area contributed by atoms with Crippen molar-refractivity contribution in [1.29, 1.82) is 0 Å². The van der Waals surface area contributed by atoms with Gasteiger partial charge in [-0.05, 0) is 56.4 Å². The molecule has 0 fully saturated rings. The summed E-state index contributed by atoms with van der Waals surface area (Å²) in [5.41, 5.74) is 1.32. The molecule has 0 aliphatic rings. The monoisotopic (exact) mass is 497 g/mol. The summed E-state index contributed by atoms with van der Waals surface area (Å²) < 4.78 is 11.2. The van der Waals surface area contributed by atoms with Gasteiger partial charge in [-0.2, -0.15) is 0 Å². The lowest BCUT2D eigenvalue weighted by atomic mass is 10.0. The van der Waals surface area contributed by atoms with Crippen LogP contribution in [0.2, 0.25) is 0 Å². The topological polar surface area (TPSA) is 106 Å². The summed E-state index contributed by atoms with van der Waals surface area (Å²) in [6, 6.07) is 15.0.